The Morgan fingerprint density at radius 1 is 1.64 bits per heavy atom. The molecule has 0 unspecified atom stereocenters. The molecule has 0 aromatic carbocycles. The lowest BCUT2D eigenvalue weighted by Crippen LogP contribution is -2.02. The second-order valence-electron chi connectivity index (χ2n) is 2.21. The summed E-state index contributed by atoms with van der Waals surface area (Å²) in [6, 6.07) is 0. The average molecular weight is 187 g/mol. The summed E-state index contributed by atoms with van der Waals surface area (Å²) in [7, 11) is 0. The molecule has 1 aliphatic rings. The molecule has 0 fully saturated rings. The van der Waals surface area contributed by atoms with Gasteiger partial charge in [-0.2, -0.15) is 11.8 Å². The van der Waals surface area contributed by atoms with Crippen LogP contribution in [-0.4, -0.2) is 23.8 Å². The van der Waals surface area contributed by atoms with Crippen LogP contribution in [0.3, 0.4) is 0 Å². The lowest BCUT2D eigenvalue weighted by atomic mass is 10.4. The monoisotopic (exact) mass is 187 g/mol. The standard InChI is InChI=1S/C8H13NS2/c9-4-6-10-7-8-3-1-2-5-11-8/h1-3H,4-7,9H2. The minimum absolute atomic E-state index is 0.790. The second kappa shape index (κ2) is 5.75. The first-order chi connectivity index (χ1) is 5.43. The van der Waals surface area contributed by atoms with Crippen LogP contribution in [0.5, 0.6) is 0 Å². The highest BCUT2D eigenvalue weighted by atomic mass is 32.2. The number of hydrogen-bond donors (Lipinski definition) is 1. The Bertz CT molecular complexity index is 163. The van der Waals surface area contributed by atoms with Crippen LogP contribution >= 0.6 is 23.5 Å². The van der Waals surface area contributed by atoms with Gasteiger partial charge in [-0.15, -0.1) is 11.8 Å². The van der Waals surface area contributed by atoms with Crippen molar-refractivity contribution in [3.8, 4) is 0 Å². The van der Waals surface area contributed by atoms with Gasteiger partial charge in [-0.3, -0.25) is 0 Å². The van der Waals surface area contributed by atoms with E-state index in [0.717, 1.165) is 23.8 Å². The molecule has 1 rings (SSSR count). The molecule has 0 spiro atoms. The van der Waals surface area contributed by atoms with Gasteiger partial charge in [0.05, 0.1) is 0 Å². The van der Waals surface area contributed by atoms with E-state index in [1.54, 1.807) is 0 Å². The third kappa shape index (κ3) is 3.89. The van der Waals surface area contributed by atoms with E-state index in [1.807, 2.05) is 23.5 Å². The second-order valence-corrected chi connectivity index (χ2v) is 4.46. The number of nitrogens with two attached hydrogens (primary N) is 1. The Kier molecular flexibility index (Phi) is 4.82. The van der Waals surface area contributed by atoms with Crippen LogP contribution in [0.1, 0.15) is 0 Å². The van der Waals surface area contributed by atoms with E-state index in [-0.39, 0.29) is 0 Å². The van der Waals surface area contributed by atoms with Crippen LogP contribution in [-0.2, 0) is 0 Å². The van der Waals surface area contributed by atoms with Gasteiger partial charge in [-0.25, -0.2) is 0 Å². The highest BCUT2D eigenvalue weighted by Gasteiger charge is 1.98. The van der Waals surface area contributed by atoms with Gasteiger partial charge < -0.3 is 5.73 Å². The quantitative estimate of drug-likeness (QED) is 0.680. The zero-order valence-electron chi connectivity index (χ0n) is 6.45. The van der Waals surface area contributed by atoms with E-state index >= 15 is 0 Å². The fourth-order valence-electron chi connectivity index (χ4n) is 0.780. The van der Waals surface area contributed by atoms with Crippen molar-refractivity contribution in [2.24, 2.45) is 5.73 Å². The van der Waals surface area contributed by atoms with Crippen molar-refractivity contribution >= 4 is 23.5 Å². The van der Waals surface area contributed by atoms with E-state index in [9.17, 15) is 0 Å². The third-order valence-electron chi connectivity index (χ3n) is 1.29. The Morgan fingerprint density at radius 2 is 2.55 bits per heavy atom. The summed E-state index contributed by atoms with van der Waals surface area (Å²) in [6.45, 7) is 0.790. The molecule has 0 atom stereocenters. The summed E-state index contributed by atoms with van der Waals surface area (Å²) in [5.74, 6) is 3.34. The van der Waals surface area contributed by atoms with Gasteiger partial charge >= 0.3 is 0 Å². The minimum Gasteiger partial charge on any atom is -0.330 e. The van der Waals surface area contributed by atoms with Gasteiger partial charge in [0.15, 0.2) is 0 Å². The van der Waals surface area contributed by atoms with Crippen molar-refractivity contribution in [1.82, 2.24) is 0 Å². The van der Waals surface area contributed by atoms with Crippen LogP contribution in [0.4, 0.5) is 0 Å². The van der Waals surface area contributed by atoms with E-state index < -0.39 is 0 Å². The Morgan fingerprint density at radius 3 is 3.18 bits per heavy atom. The SMILES string of the molecule is NCCSCC1=CC=CCS1. The van der Waals surface area contributed by atoms with Crippen molar-refractivity contribution in [1.29, 1.82) is 0 Å². The van der Waals surface area contributed by atoms with Gasteiger partial charge in [0, 0.05) is 23.8 Å². The first kappa shape index (κ1) is 9.23. The lowest BCUT2D eigenvalue weighted by Gasteiger charge is -2.06. The van der Waals surface area contributed by atoms with Crippen molar-refractivity contribution in [3.05, 3.63) is 23.1 Å². The van der Waals surface area contributed by atoms with Crippen molar-refractivity contribution in [3.63, 3.8) is 0 Å². The number of thioether (sulfide) groups is 2. The van der Waals surface area contributed by atoms with Crippen LogP contribution in [0, 0.1) is 0 Å². The molecule has 0 radical (unpaired) electrons. The molecule has 11 heavy (non-hydrogen) atoms. The third-order valence-corrected chi connectivity index (χ3v) is 3.52. The summed E-state index contributed by atoms with van der Waals surface area (Å²) in [4.78, 5) is 1.48. The van der Waals surface area contributed by atoms with E-state index in [4.69, 9.17) is 5.73 Å². The molecule has 0 saturated carbocycles. The number of hydrogen-bond acceptors (Lipinski definition) is 3. The number of allylic oxidation sites excluding steroid dienone is 2. The smallest absolute Gasteiger partial charge is 0.0245 e. The maximum Gasteiger partial charge on any atom is 0.0245 e. The van der Waals surface area contributed by atoms with Crippen LogP contribution in [0.25, 0.3) is 0 Å². The fraction of sp³-hybridized carbons (Fsp3) is 0.500. The molecule has 3 heteroatoms. The van der Waals surface area contributed by atoms with E-state index in [1.165, 1.54) is 4.91 Å². The normalized spacial score (nSPS) is 16.6. The van der Waals surface area contributed by atoms with Gasteiger partial charge in [0.2, 0.25) is 0 Å². The summed E-state index contributed by atoms with van der Waals surface area (Å²) >= 11 is 3.84. The topological polar surface area (TPSA) is 26.0 Å². The molecule has 62 valence electrons. The molecular formula is C8H13NS2. The molecule has 1 nitrogen and oxygen atoms in total. The molecule has 0 aromatic heterocycles. The summed E-state index contributed by atoms with van der Waals surface area (Å²) in [5, 5.41) is 0. The van der Waals surface area contributed by atoms with Crippen LogP contribution < -0.4 is 5.73 Å². The lowest BCUT2D eigenvalue weighted by molar-refractivity contribution is 1.15. The number of rotatable bonds is 4. The highest BCUT2D eigenvalue weighted by molar-refractivity contribution is 8.06. The van der Waals surface area contributed by atoms with Crippen LogP contribution in [0.2, 0.25) is 0 Å². The van der Waals surface area contributed by atoms with E-state index in [2.05, 4.69) is 18.2 Å². The molecule has 0 amide bonds. The van der Waals surface area contributed by atoms with E-state index in [0.29, 0.717) is 0 Å². The van der Waals surface area contributed by atoms with Crippen molar-refractivity contribution in [2.45, 2.75) is 0 Å². The first-order valence-electron chi connectivity index (χ1n) is 3.70. The predicted octanol–water partition coefficient (Wildman–Crippen LogP) is 1.87. The molecule has 1 heterocycles. The zero-order valence-corrected chi connectivity index (χ0v) is 8.09. The Hall–Kier alpha value is 0.140. The molecule has 0 aromatic rings. The average Bonchev–Trinajstić information content (AvgIpc) is 2.07. The summed E-state index contributed by atoms with van der Waals surface area (Å²) in [6.07, 6.45) is 6.51. The predicted molar refractivity (Wildman–Crippen MR) is 56.1 cm³/mol. The summed E-state index contributed by atoms with van der Waals surface area (Å²) in [5.41, 5.74) is 5.38. The molecule has 0 saturated heterocycles. The van der Waals surface area contributed by atoms with Gasteiger partial charge in [0.25, 0.3) is 0 Å². The van der Waals surface area contributed by atoms with Gasteiger partial charge in [-0.1, -0.05) is 18.2 Å². The fourth-order valence-corrected chi connectivity index (χ4v) is 2.57. The molecule has 2 N–H and O–H groups in total. The molecule has 0 aliphatic carbocycles. The summed E-state index contributed by atoms with van der Waals surface area (Å²) < 4.78 is 0. The highest BCUT2D eigenvalue weighted by Crippen LogP contribution is 2.23. The zero-order chi connectivity index (χ0) is 7.94. The Balaban J connectivity index is 2.15. The minimum atomic E-state index is 0.790. The van der Waals surface area contributed by atoms with Crippen molar-refractivity contribution in [2.75, 3.05) is 23.8 Å². The maximum absolute atomic E-state index is 5.38. The van der Waals surface area contributed by atoms with Crippen LogP contribution in [0.15, 0.2) is 23.1 Å². The first-order valence-corrected chi connectivity index (χ1v) is 5.84. The Labute approximate surface area is 76.5 Å². The molecule has 1 aliphatic heterocycles. The van der Waals surface area contributed by atoms with Crippen molar-refractivity contribution < 1.29 is 0 Å². The van der Waals surface area contributed by atoms with Gasteiger partial charge in [0.1, 0.15) is 0 Å². The molecule has 0 bridgehead atoms. The van der Waals surface area contributed by atoms with Gasteiger partial charge in [-0.05, 0) is 4.91 Å². The largest absolute Gasteiger partial charge is 0.330 e. The maximum atomic E-state index is 5.38. The molecular weight excluding hydrogens is 174 g/mol.